The first-order valence-electron chi connectivity index (χ1n) is 4.47. The molecule has 0 radical (unpaired) electrons. The van der Waals surface area contributed by atoms with Crippen molar-refractivity contribution in [3.05, 3.63) is 35.4 Å². The molecule has 0 aliphatic carbocycles. The maximum absolute atomic E-state index is 5.86. The number of benzene rings is 1. The first-order chi connectivity index (χ1) is 6.11. The molecule has 1 aromatic carbocycles. The number of halogens is 2. The Balaban J connectivity index is 2.91. The van der Waals surface area contributed by atoms with Gasteiger partial charge >= 0.3 is 0 Å². The van der Waals surface area contributed by atoms with E-state index in [2.05, 4.69) is 19.9 Å². The fourth-order valence-corrected chi connectivity index (χ4v) is 1.80. The molecule has 1 aromatic rings. The zero-order chi connectivity index (χ0) is 9.84. The maximum Gasteiger partial charge on any atom is 0.133 e. The first-order valence-corrected chi connectivity index (χ1v) is 5.34. The van der Waals surface area contributed by atoms with E-state index in [-0.39, 0.29) is 0 Å². The Kier molecular flexibility index (Phi) is 4.08. The molecule has 0 aliphatic rings. The molecule has 0 fully saturated rings. The number of hydrogen-bond acceptors (Lipinski definition) is 0. The van der Waals surface area contributed by atoms with Gasteiger partial charge in [-0.1, -0.05) is 38.1 Å². The highest BCUT2D eigenvalue weighted by atomic mass is 35.5. The third-order valence-electron chi connectivity index (χ3n) is 1.92. The van der Waals surface area contributed by atoms with Crippen molar-refractivity contribution in [2.75, 3.05) is 0 Å². The summed E-state index contributed by atoms with van der Waals surface area (Å²) in [5.41, 5.74) is 2.30. The summed E-state index contributed by atoms with van der Waals surface area (Å²) in [5.74, 6) is 0.633. The largest absolute Gasteiger partial charge is 0.133 e. The van der Waals surface area contributed by atoms with Crippen LogP contribution in [-0.2, 0) is 6.42 Å². The van der Waals surface area contributed by atoms with Crippen molar-refractivity contribution < 1.29 is 0 Å². The van der Waals surface area contributed by atoms with Gasteiger partial charge in [0.2, 0.25) is 0 Å². The molecule has 1 rings (SSSR count). The van der Waals surface area contributed by atoms with Gasteiger partial charge in [-0.3, -0.25) is 0 Å². The van der Waals surface area contributed by atoms with Crippen LogP contribution in [0.5, 0.6) is 0 Å². The molecule has 0 bridgehead atoms. The van der Waals surface area contributed by atoms with Crippen molar-refractivity contribution in [3.63, 3.8) is 0 Å². The second kappa shape index (κ2) is 4.88. The summed E-state index contributed by atoms with van der Waals surface area (Å²) in [6.45, 7) is 4.38. The van der Waals surface area contributed by atoms with Gasteiger partial charge in [-0.15, -0.1) is 23.2 Å². The van der Waals surface area contributed by atoms with Crippen molar-refractivity contribution in [3.8, 4) is 0 Å². The lowest BCUT2D eigenvalue weighted by atomic mass is 9.99. The van der Waals surface area contributed by atoms with E-state index in [4.69, 9.17) is 23.2 Å². The molecule has 0 amide bonds. The summed E-state index contributed by atoms with van der Waals surface area (Å²) < 4.78 is 0. The van der Waals surface area contributed by atoms with Gasteiger partial charge < -0.3 is 0 Å². The summed E-state index contributed by atoms with van der Waals surface area (Å²) in [6, 6.07) is 8.07. The minimum atomic E-state index is -0.407. The average molecular weight is 217 g/mol. The summed E-state index contributed by atoms with van der Waals surface area (Å²) in [4.78, 5) is -0.407. The van der Waals surface area contributed by atoms with Crippen LogP contribution in [0.25, 0.3) is 0 Å². The van der Waals surface area contributed by atoms with Crippen LogP contribution in [0.4, 0.5) is 0 Å². The van der Waals surface area contributed by atoms with Gasteiger partial charge in [-0.25, -0.2) is 0 Å². The molecular weight excluding hydrogens is 203 g/mol. The summed E-state index contributed by atoms with van der Waals surface area (Å²) in [6.07, 6.45) is 1.03. The van der Waals surface area contributed by atoms with Gasteiger partial charge in [0.05, 0.1) is 0 Å². The second-order valence-corrected chi connectivity index (χ2v) is 4.69. The Morgan fingerprint density at radius 1 is 1.15 bits per heavy atom. The third-order valence-corrected chi connectivity index (χ3v) is 2.39. The van der Waals surface area contributed by atoms with Crippen molar-refractivity contribution in [2.24, 2.45) is 5.92 Å². The molecule has 0 aliphatic heterocycles. The lowest BCUT2D eigenvalue weighted by Gasteiger charge is -2.11. The van der Waals surface area contributed by atoms with Gasteiger partial charge in [-0.05, 0) is 23.5 Å². The topological polar surface area (TPSA) is 0 Å². The van der Waals surface area contributed by atoms with E-state index >= 15 is 0 Å². The zero-order valence-corrected chi connectivity index (χ0v) is 9.44. The minimum Gasteiger partial charge on any atom is -0.100 e. The maximum atomic E-state index is 5.86. The Hall–Kier alpha value is -0.200. The van der Waals surface area contributed by atoms with Crippen LogP contribution in [0.2, 0.25) is 0 Å². The van der Waals surface area contributed by atoms with E-state index < -0.39 is 4.84 Å². The first kappa shape index (κ1) is 10.9. The minimum absolute atomic E-state index is 0.407. The molecule has 0 saturated heterocycles. The fourth-order valence-electron chi connectivity index (χ4n) is 1.37. The Bertz CT molecular complexity index is 267. The highest BCUT2D eigenvalue weighted by Gasteiger charge is 2.09. The van der Waals surface area contributed by atoms with Crippen molar-refractivity contribution >= 4 is 23.2 Å². The molecular formula is C11H14Cl2. The highest BCUT2D eigenvalue weighted by Crippen LogP contribution is 2.28. The fraction of sp³-hybridized carbons (Fsp3) is 0.455. The zero-order valence-electron chi connectivity index (χ0n) is 7.93. The predicted octanol–water partition coefficient (Wildman–Crippen LogP) is 4.36. The summed E-state index contributed by atoms with van der Waals surface area (Å²) >= 11 is 11.7. The average Bonchev–Trinajstić information content (AvgIpc) is 2.03. The van der Waals surface area contributed by atoms with Crippen molar-refractivity contribution in [1.29, 1.82) is 0 Å². The van der Waals surface area contributed by atoms with E-state index in [0.29, 0.717) is 5.92 Å². The van der Waals surface area contributed by atoms with Crippen LogP contribution < -0.4 is 0 Å². The smallest absolute Gasteiger partial charge is 0.100 e. The second-order valence-electron chi connectivity index (χ2n) is 3.60. The number of hydrogen-bond donors (Lipinski definition) is 0. The van der Waals surface area contributed by atoms with E-state index in [1.807, 2.05) is 18.2 Å². The van der Waals surface area contributed by atoms with Gasteiger partial charge in [0.1, 0.15) is 4.84 Å². The molecule has 0 N–H and O–H groups in total. The summed E-state index contributed by atoms with van der Waals surface area (Å²) in [5, 5.41) is 0. The van der Waals surface area contributed by atoms with Crippen LogP contribution in [0.1, 0.15) is 29.8 Å². The van der Waals surface area contributed by atoms with E-state index in [1.165, 1.54) is 5.56 Å². The van der Waals surface area contributed by atoms with Gasteiger partial charge in [-0.2, -0.15) is 0 Å². The molecule has 0 unspecified atom stereocenters. The van der Waals surface area contributed by atoms with Gasteiger partial charge in [0.25, 0.3) is 0 Å². The SMILES string of the molecule is CC(C)Cc1ccccc1C(Cl)Cl. The van der Waals surface area contributed by atoms with Crippen LogP contribution in [-0.4, -0.2) is 0 Å². The molecule has 13 heavy (non-hydrogen) atoms. The lowest BCUT2D eigenvalue weighted by Crippen LogP contribution is -1.98. The van der Waals surface area contributed by atoms with Crippen molar-refractivity contribution in [2.45, 2.75) is 25.1 Å². The monoisotopic (exact) mass is 216 g/mol. The van der Waals surface area contributed by atoms with Crippen LogP contribution in [0.3, 0.4) is 0 Å². The predicted molar refractivity (Wildman–Crippen MR) is 59.4 cm³/mol. The van der Waals surface area contributed by atoms with Crippen LogP contribution in [0.15, 0.2) is 24.3 Å². The molecule has 0 atom stereocenters. The van der Waals surface area contributed by atoms with Gasteiger partial charge in [0.15, 0.2) is 0 Å². The third kappa shape index (κ3) is 3.21. The van der Waals surface area contributed by atoms with E-state index in [9.17, 15) is 0 Å². The molecule has 2 heteroatoms. The van der Waals surface area contributed by atoms with Gasteiger partial charge in [0, 0.05) is 0 Å². The molecule has 0 spiro atoms. The molecule has 0 aromatic heterocycles. The summed E-state index contributed by atoms with van der Waals surface area (Å²) in [7, 11) is 0. The van der Waals surface area contributed by atoms with Crippen LogP contribution >= 0.6 is 23.2 Å². The van der Waals surface area contributed by atoms with Crippen molar-refractivity contribution in [1.82, 2.24) is 0 Å². The Morgan fingerprint density at radius 2 is 1.77 bits per heavy atom. The molecule has 0 nitrogen and oxygen atoms in total. The Labute approximate surface area is 89.9 Å². The lowest BCUT2D eigenvalue weighted by molar-refractivity contribution is 0.644. The van der Waals surface area contributed by atoms with E-state index in [1.54, 1.807) is 0 Å². The quantitative estimate of drug-likeness (QED) is 0.660. The number of alkyl halides is 2. The van der Waals surface area contributed by atoms with Crippen LogP contribution in [0, 0.1) is 5.92 Å². The Morgan fingerprint density at radius 3 is 2.31 bits per heavy atom. The highest BCUT2D eigenvalue weighted by molar-refractivity contribution is 6.44. The molecule has 0 heterocycles. The normalized spacial score (nSPS) is 11.2. The molecule has 0 saturated carbocycles. The standard InChI is InChI=1S/C11H14Cl2/c1-8(2)7-9-5-3-4-6-10(9)11(12)13/h3-6,8,11H,7H2,1-2H3. The molecule has 72 valence electrons. The van der Waals surface area contributed by atoms with E-state index in [0.717, 1.165) is 12.0 Å². The number of rotatable bonds is 3.